The van der Waals surface area contributed by atoms with Crippen molar-refractivity contribution in [3.8, 4) is 0 Å². The molecule has 0 radical (unpaired) electrons. The Hall–Kier alpha value is -2.37. The summed E-state index contributed by atoms with van der Waals surface area (Å²) in [5, 5.41) is 3.00. The van der Waals surface area contributed by atoms with Crippen LogP contribution in [0.3, 0.4) is 0 Å². The van der Waals surface area contributed by atoms with Gasteiger partial charge in [0.2, 0.25) is 0 Å². The van der Waals surface area contributed by atoms with E-state index < -0.39 is 11.7 Å². The maximum Gasteiger partial charge on any atom is 0.416 e. The largest absolute Gasteiger partial charge is 0.416 e. The molecule has 0 aliphatic carbocycles. The van der Waals surface area contributed by atoms with Gasteiger partial charge in [-0.05, 0) is 48.0 Å². The van der Waals surface area contributed by atoms with Gasteiger partial charge >= 0.3 is 6.18 Å². The first kappa shape index (κ1) is 14.0. The number of benzene rings is 2. The Morgan fingerprint density at radius 3 is 2.20 bits per heavy atom. The molecule has 0 aromatic heterocycles. The minimum absolute atomic E-state index is 0.391. The Morgan fingerprint density at radius 1 is 0.950 bits per heavy atom. The van der Waals surface area contributed by atoms with E-state index >= 15 is 0 Å². The number of halogens is 3. The third-order valence-corrected chi connectivity index (χ3v) is 2.86. The van der Waals surface area contributed by atoms with Crippen molar-refractivity contribution in [3.63, 3.8) is 0 Å². The second-order valence-electron chi connectivity index (χ2n) is 4.39. The van der Waals surface area contributed by atoms with E-state index in [2.05, 4.69) is 5.32 Å². The monoisotopic (exact) mass is 281 g/mol. The Morgan fingerprint density at radius 2 is 1.60 bits per heavy atom. The van der Waals surface area contributed by atoms with Crippen LogP contribution in [0.2, 0.25) is 0 Å². The van der Waals surface area contributed by atoms with Crippen LogP contribution < -0.4 is 16.8 Å². The molecule has 0 aliphatic heterocycles. The van der Waals surface area contributed by atoms with Gasteiger partial charge in [-0.3, -0.25) is 0 Å². The van der Waals surface area contributed by atoms with Gasteiger partial charge in [0.1, 0.15) is 0 Å². The predicted molar refractivity (Wildman–Crippen MR) is 74.0 cm³/mol. The molecule has 6 heteroatoms. The summed E-state index contributed by atoms with van der Waals surface area (Å²) in [4.78, 5) is 0. The highest BCUT2D eigenvalue weighted by molar-refractivity contribution is 5.57. The van der Waals surface area contributed by atoms with E-state index in [9.17, 15) is 13.2 Å². The Kier molecular flexibility index (Phi) is 3.74. The van der Waals surface area contributed by atoms with Gasteiger partial charge in [-0.1, -0.05) is 0 Å². The Bertz CT molecular complexity index is 592. The first-order chi connectivity index (χ1) is 9.36. The zero-order chi connectivity index (χ0) is 14.8. The van der Waals surface area contributed by atoms with Crippen LogP contribution in [-0.2, 0) is 12.7 Å². The summed E-state index contributed by atoms with van der Waals surface area (Å²) in [5.41, 5.74) is 13.3. The third kappa shape index (κ3) is 3.34. The van der Waals surface area contributed by atoms with Crippen molar-refractivity contribution in [3.05, 3.63) is 53.6 Å². The van der Waals surface area contributed by atoms with E-state index in [4.69, 9.17) is 11.5 Å². The van der Waals surface area contributed by atoms with Crippen LogP contribution in [0.15, 0.2) is 42.5 Å². The number of alkyl halides is 3. The summed E-state index contributed by atoms with van der Waals surface area (Å²) >= 11 is 0. The van der Waals surface area contributed by atoms with E-state index in [0.29, 0.717) is 23.6 Å². The number of nitrogens with two attached hydrogens (primary N) is 2. The molecule has 3 nitrogen and oxygen atoms in total. The number of anilines is 3. The van der Waals surface area contributed by atoms with Crippen LogP contribution in [0, 0.1) is 0 Å². The molecular weight excluding hydrogens is 267 g/mol. The van der Waals surface area contributed by atoms with Gasteiger partial charge in [0, 0.05) is 23.6 Å². The Labute approximate surface area is 114 Å². The van der Waals surface area contributed by atoms with Gasteiger partial charge < -0.3 is 16.8 Å². The molecule has 0 fully saturated rings. The van der Waals surface area contributed by atoms with Crippen molar-refractivity contribution < 1.29 is 13.2 Å². The number of nitrogen functional groups attached to an aromatic ring is 2. The van der Waals surface area contributed by atoms with Crippen molar-refractivity contribution in [2.45, 2.75) is 12.7 Å². The molecule has 2 rings (SSSR count). The second kappa shape index (κ2) is 5.32. The fourth-order valence-corrected chi connectivity index (χ4v) is 1.75. The molecule has 106 valence electrons. The van der Waals surface area contributed by atoms with Crippen LogP contribution in [0.5, 0.6) is 0 Å². The maximum atomic E-state index is 12.4. The highest BCUT2D eigenvalue weighted by Gasteiger charge is 2.29. The summed E-state index contributed by atoms with van der Waals surface area (Å²) in [7, 11) is 0. The third-order valence-electron chi connectivity index (χ3n) is 2.86. The zero-order valence-electron chi connectivity index (χ0n) is 10.5. The van der Waals surface area contributed by atoms with Crippen molar-refractivity contribution in [1.82, 2.24) is 0 Å². The topological polar surface area (TPSA) is 64.1 Å². The molecule has 0 atom stereocenters. The molecule has 0 heterocycles. The molecular formula is C14H14F3N3. The molecule has 20 heavy (non-hydrogen) atoms. The summed E-state index contributed by atoms with van der Waals surface area (Å²) in [6, 6.07) is 9.94. The molecule has 0 aliphatic rings. The normalized spacial score (nSPS) is 11.3. The van der Waals surface area contributed by atoms with E-state index in [1.165, 1.54) is 12.1 Å². The molecule has 0 spiro atoms. The fourth-order valence-electron chi connectivity index (χ4n) is 1.75. The molecule has 0 saturated carbocycles. The summed E-state index contributed by atoms with van der Waals surface area (Å²) < 4.78 is 37.3. The van der Waals surface area contributed by atoms with Crippen LogP contribution >= 0.6 is 0 Å². The average molecular weight is 281 g/mol. The standard InChI is InChI=1S/C14H14F3N3/c15-14(16,17)10-1-4-12(5-2-10)20-8-9-7-11(18)3-6-13(9)19/h1-7,20H,8,18-19H2. The van der Waals surface area contributed by atoms with Crippen molar-refractivity contribution in [2.24, 2.45) is 0 Å². The smallest absolute Gasteiger partial charge is 0.399 e. The summed E-state index contributed by atoms with van der Waals surface area (Å²) in [6.07, 6.45) is -4.32. The SMILES string of the molecule is Nc1ccc(N)c(CNc2ccc(C(F)(F)F)cc2)c1. The minimum Gasteiger partial charge on any atom is -0.399 e. The number of hydrogen-bond donors (Lipinski definition) is 3. The molecule has 0 amide bonds. The first-order valence-electron chi connectivity index (χ1n) is 5.91. The van der Waals surface area contributed by atoms with E-state index in [0.717, 1.165) is 17.7 Å². The highest BCUT2D eigenvalue weighted by Crippen LogP contribution is 2.30. The van der Waals surface area contributed by atoms with E-state index in [1.54, 1.807) is 18.2 Å². The number of hydrogen-bond acceptors (Lipinski definition) is 3. The second-order valence-corrected chi connectivity index (χ2v) is 4.39. The maximum absolute atomic E-state index is 12.4. The average Bonchev–Trinajstić information content (AvgIpc) is 2.39. The van der Waals surface area contributed by atoms with E-state index in [-0.39, 0.29) is 0 Å². The Balaban J connectivity index is 2.06. The lowest BCUT2D eigenvalue weighted by Gasteiger charge is -2.11. The molecule has 5 N–H and O–H groups in total. The van der Waals surface area contributed by atoms with E-state index in [1.807, 2.05) is 0 Å². The molecule has 0 unspecified atom stereocenters. The van der Waals surface area contributed by atoms with Gasteiger partial charge in [0.25, 0.3) is 0 Å². The quantitative estimate of drug-likeness (QED) is 0.755. The summed E-state index contributed by atoms with van der Waals surface area (Å²) in [5.74, 6) is 0. The van der Waals surface area contributed by atoms with Crippen molar-refractivity contribution >= 4 is 17.1 Å². The van der Waals surface area contributed by atoms with Crippen LogP contribution in [0.1, 0.15) is 11.1 Å². The first-order valence-corrected chi connectivity index (χ1v) is 5.91. The molecule has 2 aromatic carbocycles. The van der Waals surface area contributed by atoms with Crippen molar-refractivity contribution in [1.29, 1.82) is 0 Å². The van der Waals surface area contributed by atoms with Gasteiger partial charge in [-0.2, -0.15) is 13.2 Å². The summed E-state index contributed by atoms with van der Waals surface area (Å²) in [6.45, 7) is 0.391. The van der Waals surface area contributed by atoms with Gasteiger partial charge in [-0.15, -0.1) is 0 Å². The minimum atomic E-state index is -4.32. The lowest BCUT2D eigenvalue weighted by atomic mass is 10.1. The lowest BCUT2D eigenvalue weighted by Crippen LogP contribution is -2.06. The fraction of sp³-hybridized carbons (Fsp3) is 0.143. The van der Waals surface area contributed by atoms with Crippen LogP contribution in [-0.4, -0.2) is 0 Å². The highest BCUT2D eigenvalue weighted by atomic mass is 19.4. The van der Waals surface area contributed by atoms with Crippen molar-refractivity contribution in [2.75, 3.05) is 16.8 Å². The van der Waals surface area contributed by atoms with Gasteiger partial charge in [-0.25, -0.2) is 0 Å². The zero-order valence-corrected chi connectivity index (χ0v) is 10.5. The van der Waals surface area contributed by atoms with Gasteiger partial charge in [0.05, 0.1) is 5.56 Å². The van der Waals surface area contributed by atoms with Crippen LogP contribution in [0.25, 0.3) is 0 Å². The van der Waals surface area contributed by atoms with Gasteiger partial charge in [0.15, 0.2) is 0 Å². The van der Waals surface area contributed by atoms with Crippen LogP contribution in [0.4, 0.5) is 30.2 Å². The molecule has 0 bridgehead atoms. The lowest BCUT2D eigenvalue weighted by molar-refractivity contribution is -0.137. The predicted octanol–water partition coefficient (Wildman–Crippen LogP) is 3.48. The number of rotatable bonds is 3. The number of nitrogens with one attached hydrogen (secondary N) is 1. The molecule has 0 saturated heterocycles. The molecule has 2 aromatic rings.